The van der Waals surface area contributed by atoms with Crippen molar-refractivity contribution in [3.8, 4) is 0 Å². The molecule has 7 nitrogen and oxygen atoms in total. The summed E-state index contributed by atoms with van der Waals surface area (Å²) in [5, 5.41) is 16.0. The van der Waals surface area contributed by atoms with Crippen LogP contribution in [0.2, 0.25) is 5.02 Å². The van der Waals surface area contributed by atoms with Gasteiger partial charge in [0.1, 0.15) is 5.82 Å². The quantitative estimate of drug-likeness (QED) is 0.416. The lowest BCUT2D eigenvalue weighted by molar-refractivity contribution is -0.113. The van der Waals surface area contributed by atoms with Gasteiger partial charge >= 0.3 is 0 Å². The van der Waals surface area contributed by atoms with Crippen molar-refractivity contribution >= 4 is 40.6 Å². The lowest BCUT2D eigenvalue weighted by Gasteiger charge is -2.15. The molecule has 1 aliphatic rings. The Morgan fingerprint density at radius 1 is 1.27 bits per heavy atom. The number of carbonyl (C=O) groups is 1. The second kappa shape index (κ2) is 11.0. The third-order valence-corrected chi connectivity index (χ3v) is 6.75. The highest BCUT2D eigenvalue weighted by atomic mass is 35.5. The molecule has 174 valence electrons. The van der Waals surface area contributed by atoms with Crippen LogP contribution in [0.25, 0.3) is 0 Å². The third-order valence-electron chi connectivity index (χ3n) is 5.37. The van der Waals surface area contributed by atoms with Gasteiger partial charge in [-0.15, -0.1) is 10.2 Å². The number of thioether (sulfide) groups is 1. The van der Waals surface area contributed by atoms with Crippen molar-refractivity contribution < 1.29 is 13.9 Å². The highest BCUT2D eigenvalue weighted by Gasteiger charge is 2.21. The minimum absolute atomic E-state index is 0.0906. The molecule has 0 aliphatic carbocycles. The number of benzene rings is 2. The average Bonchev–Trinajstić information content (AvgIpc) is 3.46. The number of hydrogen-bond acceptors (Lipinski definition) is 6. The van der Waals surface area contributed by atoms with Crippen LogP contribution in [0.3, 0.4) is 0 Å². The fourth-order valence-corrected chi connectivity index (χ4v) is 4.48. The molecule has 2 aromatic carbocycles. The van der Waals surface area contributed by atoms with Gasteiger partial charge in [-0.25, -0.2) is 4.39 Å². The van der Waals surface area contributed by atoms with E-state index in [9.17, 15) is 9.18 Å². The molecule has 0 unspecified atom stereocenters. The highest BCUT2D eigenvalue weighted by molar-refractivity contribution is 7.99. The molecule has 1 aromatic heterocycles. The van der Waals surface area contributed by atoms with Gasteiger partial charge in [0.05, 0.1) is 24.9 Å². The number of amides is 1. The van der Waals surface area contributed by atoms with Crippen LogP contribution in [0.5, 0.6) is 0 Å². The lowest BCUT2D eigenvalue weighted by atomic mass is 10.2. The lowest BCUT2D eigenvalue weighted by Crippen LogP contribution is -2.20. The third kappa shape index (κ3) is 6.25. The summed E-state index contributed by atoms with van der Waals surface area (Å²) in [6.07, 6.45) is 2.09. The van der Waals surface area contributed by atoms with E-state index in [4.69, 9.17) is 16.3 Å². The predicted molar refractivity (Wildman–Crippen MR) is 128 cm³/mol. The number of nitrogens with one attached hydrogen (secondary N) is 2. The Balaban J connectivity index is 1.42. The van der Waals surface area contributed by atoms with E-state index in [0.717, 1.165) is 36.5 Å². The molecule has 1 amide bonds. The first kappa shape index (κ1) is 23.5. The van der Waals surface area contributed by atoms with Crippen LogP contribution in [-0.4, -0.2) is 39.1 Å². The summed E-state index contributed by atoms with van der Waals surface area (Å²) in [6.45, 7) is 3.65. The zero-order chi connectivity index (χ0) is 23.2. The number of hydrogen-bond donors (Lipinski definition) is 2. The van der Waals surface area contributed by atoms with Crippen molar-refractivity contribution in [3.63, 3.8) is 0 Å². The number of ether oxygens (including phenoxy) is 1. The van der Waals surface area contributed by atoms with Gasteiger partial charge in [0.15, 0.2) is 11.0 Å². The van der Waals surface area contributed by atoms with E-state index in [1.54, 1.807) is 24.3 Å². The minimum atomic E-state index is -0.285. The highest BCUT2D eigenvalue weighted by Crippen LogP contribution is 2.25. The Bertz CT molecular complexity index is 1100. The van der Waals surface area contributed by atoms with Gasteiger partial charge in [-0.1, -0.05) is 29.4 Å². The van der Waals surface area contributed by atoms with Crippen LogP contribution >= 0.6 is 23.4 Å². The molecule has 0 saturated carbocycles. The maximum Gasteiger partial charge on any atom is 0.234 e. The Labute approximate surface area is 201 Å². The van der Waals surface area contributed by atoms with E-state index in [0.29, 0.717) is 29.0 Å². The first-order valence-corrected chi connectivity index (χ1v) is 12.1. The second-order valence-corrected chi connectivity index (χ2v) is 9.10. The fraction of sp³-hybridized carbons (Fsp3) is 0.348. The van der Waals surface area contributed by atoms with Crippen LogP contribution in [0.15, 0.2) is 47.6 Å². The minimum Gasteiger partial charge on any atom is -0.378 e. The Morgan fingerprint density at radius 2 is 2.09 bits per heavy atom. The van der Waals surface area contributed by atoms with Gasteiger partial charge in [-0.3, -0.25) is 4.79 Å². The maximum atomic E-state index is 13.2. The van der Waals surface area contributed by atoms with Gasteiger partial charge in [-0.2, -0.15) is 0 Å². The maximum absolute atomic E-state index is 13.2. The van der Waals surface area contributed by atoms with Gasteiger partial charge in [0.2, 0.25) is 5.91 Å². The second-order valence-electron chi connectivity index (χ2n) is 7.75. The van der Waals surface area contributed by atoms with Gasteiger partial charge in [-0.05, 0) is 61.7 Å². The van der Waals surface area contributed by atoms with E-state index in [1.165, 1.54) is 23.9 Å². The monoisotopic (exact) mass is 489 g/mol. The first-order chi connectivity index (χ1) is 16.0. The van der Waals surface area contributed by atoms with Crippen molar-refractivity contribution in [2.24, 2.45) is 0 Å². The number of anilines is 2. The molecule has 0 bridgehead atoms. The van der Waals surface area contributed by atoms with E-state index < -0.39 is 0 Å². The largest absolute Gasteiger partial charge is 0.378 e. The molecule has 4 rings (SSSR count). The van der Waals surface area contributed by atoms with E-state index in [1.807, 2.05) is 17.6 Å². The van der Waals surface area contributed by atoms with Crippen LogP contribution in [0.1, 0.15) is 24.2 Å². The van der Waals surface area contributed by atoms with Crippen LogP contribution in [0.4, 0.5) is 15.8 Å². The number of aromatic nitrogens is 3. The summed E-state index contributed by atoms with van der Waals surface area (Å²) >= 11 is 7.47. The standard InChI is InChI=1S/C23H25ClFN5O2S/c1-15-19(24)5-2-6-20(15)27-22(31)14-33-23-29-28-21(30(23)13-18-4-3-11-32-18)12-26-17-9-7-16(25)8-10-17/h2,5-10,18,26H,3-4,11-14H2,1H3,(H,27,31)/t18-/m1/s1. The molecule has 10 heteroatoms. The van der Waals surface area contributed by atoms with E-state index >= 15 is 0 Å². The zero-order valence-electron chi connectivity index (χ0n) is 18.2. The van der Waals surface area contributed by atoms with Gasteiger partial charge in [0, 0.05) is 23.0 Å². The smallest absolute Gasteiger partial charge is 0.234 e. The number of halogens is 2. The molecule has 1 aliphatic heterocycles. The molecule has 3 aromatic rings. The first-order valence-electron chi connectivity index (χ1n) is 10.7. The van der Waals surface area contributed by atoms with Crippen molar-refractivity contribution in [1.82, 2.24) is 14.8 Å². The summed E-state index contributed by atoms with van der Waals surface area (Å²) in [5.74, 6) is 0.472. The molecular weight excluding hydrogens is 465 g/mol. The van der Waals surface area contributed by atoms with Crippen molar-refractivity contribution in [1.29, 1.82) is 0 Å². The van der Waals surface area contributed by atoms with Crippen molar-refractivity contribution in [2.45, 2.75) is 44.1 Å². The van der Waals surface area contributed by atoms with Gasteiger partial charge < -0.3 is 19.9 Å². The predicted octanol–water partition coefficient (Wildman–Crippen LogP) is 4.90. The molecule has 33 heavy (non-hydrogen) atoms. The molecule has 2 N–H and O–H groups in total. The molecule has 1 atom stereocenters. The average molecular weight is 490 g/mol. The zero-order valence-corrected chi connectivity index (χ0v) is 19.8. The normalized spacial score (nSPS) is 15.5. The molecular formula is C23H25ClFN5O2S. The number of carbonyl (C=O) groups excluding carboxylic acids is 1. The topological polar surface area (TPSA) is 81.1 Å². The van der Waals surface area contributed by atoms with Gasteiger partial charge in [0.25, 0.3) is 0 Å². The summed E-state index contributed by atoms with van der Waals surface area (Å²) < 4.78 is 21.0. The molecule has 2 heterocycles. The van der Waals surface area contributed by atoms with Crippen LogP contribution < -0.4 is 10.6 Å². The Hall–Kier alpha value is -2.62. The molecule has 0 spiro atoms. The molecule has 1 saturated heterocycles. The summed E-state index contributed by atoms with van der Waals surface area (Å²) in [6, 6.07) is 11.6. The van der Waals surface area contributed by atoms with Crippen LogP contribution in [0, 0.1) is 12.7 Å². The van der Waals surface area contributed by atoms with Crippen LogP contribution in [-0.2, 0) is 22.6 Å². The number of rotatable bonds is 9. The molecule has 1 fully saturated rings. The molecule has 0 radical (unpaired) electrons. The number of nitrogens with zero attached hydrogens (tertiary/aromatic N) is 3. The summed E-state index contributed by atoms with van der Waals surface area (Å²) in [7, 11) is 0. The Morgan fingerprint density at radius 3 is 2.85 bits per heavy atom. The van der Waals surface area contributed by atoms with Crippen molar-refractivity contribution in [3.05, 3.63) is 64.7 Å². The van der Waals surface area contributed by atoms with E-state index in [2.05, 4.69) is 20.8 Å². The summed E-state index contributed by atoms with van der Waals surface area (Å²) in [5.41, 5.74) is 2.31. The summed E-state index contributed by atoms with van der Waals surface area (Å²) in [4.78, 5) is 12.6. The van der Waals surface area contributed by atoms with E-state index in [-0.39, 0.29) is 23.6 Å². The Kier molecular flexibility index (Phi) is 7.85. The SMILES string of the molecule is Cc1c(Cl)cccc1NC(=O)CSc1nnc(CNc2ccc(F)cc2)n1C[C@H]1CCCO1. The van der Waals surface area contributed by atoms with Crippen molar-refractivity contribution in [2.75, 3.05) is 23.0 Å². The fourth-order valence-electron chi connectivity index (χ4n) is 3.54.